The molecule has 1 aromatic carbocycles. The number of methoxy groups -OCH3 is 1. The number of nitrogens with one attached hydrogen (secondary N) is 1. The van der Waals surface area contributed by atoms with Gasteiger partial charge in [-0.2, -0.15) is 0 Å². The van der Waals surface area contributed by atoms with Crippen LogP contribution >= 0.6 is 0 Å². The fourth-order valence-corrected chi connectivity index (χ4v) is 1.87. The van der Waals surface area contributed by atoms with Gasteiger partial charge in [0.15, 0.2) is 0 Å². The van der Waals surface area contributed by atoms with Gasteiger partial charge < -0.3 is 19.5 Å². The van der Waals surface area contributed by atoms with Crippen LogP contribution in [0.2, 0.25) is 0 Å². The average Bonchev–Trinajstić information content (AvgIpc) is 2.32. The molecule has 4 nitrogen and oxygen atoms in total. The van der Waals surface area contributed by atoms with Crippen LogP contribution in [0.5, 0.6) is 5.75 Å². The fraction of sp³-hybridized carbons (Fsp3) is 0.538. The predicted octanol–water partition coefficient (Wildman–Crippen LogP) is 1.37. The van der Waals surface area contributed by atoms with Gasteiger partial charge in [0.1, 0.15) is 11.9 Å². The molecule has 0 amide bonds. The van der Waals surface area contributed by atoms with Gasteiger partial charge in [-0.3, -0.25) is 0 Å². The summed E-state index contributed by atoms with van der Waals surface area (Å²) in [5, 5.41) is 3.15. The molecule has 0 radical (unpaired) electrons. The van der Waals surface area contributed by atoms with Gasteiger partial charge in [0.05, 0.1) is 26.4 Å². The van der Waals surface area contributed by atoms with Gasteiger partial charge in [-0.1, -0.05) is 18.2 Å². The first-order valence-corrected chi connectivity index (χ1v) is 5.86. The Bertz CT molecular complexity index is 352. The topological polar surface area (TPSA) is 39.7 Å². The normalized spacial score (nSPS) is 17.5. The van der Waals surface area contributed by atoms with Crippen LogP contribution in [0, 0.1) is 0 Å². The highest BCUT2D eigenvalue weighted by Crippen LogP contribution is 2.29. The second-order valence-corrected chi connectivity index (χ2v) is 4.08. The Morgan fingerprint density at radius 3 is 2.76 bits per heavy atom. The van der Waals surface area contributed by atoms with Gasteiger partial charge in [0.2, 0.25) is 0 Å². The first-order valence-electron chi connectivity index (χ1n) is 5.86. The van der Waals surface area contributed by atoms with E-state index in [4.69, 9.17) is 14.2 Å². The second kappa shape index (κ2) is 6.00. The summed E-state index contributed by atoms with van der Waals surface area (Å²) < 4.78 is 16.5. The Morgan fingerprint density at radius 1 is 1.41 bits per heavy atom. The van der Waals surface area contributed by atoms with Crippen LogP contribution in [0.3, 0.4) is 0 Å². The van der Waals surface area contributed by atoms with Crippen LogP contribution in [0.15, 0.2) is 24.3 Å². The third-order valence-corrected chi connectivity index (χ3v) is 2.84. The summed E-state index contributed by atoms with van der Waals surface area (Å²) in [7, 11) is 3.60. The maximum absolute atomic E-state index is 5.99. The Hall–Kier alpha value is -1.10. The van der Waals surface area contributed by atoms with Crippen molar-refractivity contribution in [3.05, 3.63) is 29.8 Å². The number of para-hydroxylation sites is 1. The summed E-state index contributed by atoms with van der Waals surface area (Å²) in [6.45, 7) is 2.14. The zero-order chi connectivity index (χ0) is 12.1. The van der Waals surface area contributed by atoms with Crippen molar-refractivity contribution < 1.29 is 14.2 Å². The maximum Gasteiger partial charge on any atom is 0.124 e. The molecule has 1 aliphatic heterocycles. The molecule has 0 saturated carbocycles. The molecule has 1 unspecified atom stereocenters. The molecule has 1 saturated heterocycles. The minimum absolute atomic E-state index is 0.00468. The lowest BCUT2D eigenvalue weighted by Gasteiger charge is -2.31. The Labute approximate surface area is 102 Å². The van der Waals surface area contributed by atoms with E-state index in [9.17, 15) is 0 Å². The highest BCUT2D eigenvalue weighted by Gasteiger charge is 2.25. The van der Waals surface area contributed by atoms with Gasteiger partial charge >= 0.3 is 0 Å². The van der Waals surface area contributed by atoms with Crippen LogP contribution in [0.1, 0.15) is 11.7 Å². The van der Waals surface area contributed by atoms with E-state index in [0.29, 0.717) is 13.2 Å². The van der Waals surface area contributed by atoms with E-state index < -0.39 is 0 Å². The van der Waals surface area contributed by atoms with E-state index in [1.807, 2.05) is 31.3 Å². The Kier molecular flexibility index (Phi) is 4.36. The molecule has 1 heterocycles. The molecule has 1 aliphatic rings. The molecule has 0 spiro atoms. The minimum Gasteiger partial charge on any atom is -0.496 e. The molecule has 2 rings (SSSR count). The summed E-state index contributed by atoms with van der Waals surface area (Å²) in [5.41, 5.74) is 1.08. The van der Waals surface area contributed by atoms with Gasteiger partial charge in [-0.25, -0.2) is 0 Å². The Balaban J connectivity index is 2.12. The highest BCUT2D eigenvalue weighted by atomic mass is 16.6. The fourth-order valence-electron chi connectivity index (χ4n) is 1.87. The van der Waals surface area contributed by atoms with E-state index in [0.717, 1.165) is 17.9 Å². The van der Waals surface area contributed by atoms with Crippen molar-refractivity contribution in [3.63, 3.8) is 0 Å². The standard InChI is InChI=1S/C13H19NO3/c1-14-7-13(17-10-8-16-9-10)11-5-3-4-6-12(11)15-2/h3-6,10,13-14H,7-9H2,1-2H3. The second-order valence-electron chi connectivity index (χ2n) is 4.08. The number of hydrogen-bond donors (Lipinski definition) is 1. The van der Waals surface area contributed by atoms with E-state index in [-0.39, 0.29) is 12.2 Å². The van der Waals surface area contributed by atoms with E-state index in [2.05, 4.69) is 5.32 Å². The van der Waals surface area contributed by atoms with Crippen molar-refractivity contribution in [2.75, 3.05) is 33.9 Å². The molecule has 1 fully saturated rings. The predicted molar refractivity (Wildman–Crippen MR) is 65.4 cm³/mol. The molecular formula is C13H19NO3. The molecule has 0 aliphatic carbocycles. The molecule has 0 aromatic heterocycles. The molecule has 4 heteroatoms. The smallest absolute Gasteiger partial charge is 0.124 e. The zero-order valence-corrected chi connectivity index (χ0v) is 10.3. The van der Waals surface area contributed by atoms with Crippen molar-refractivity contribution in [1.29, 1.82) is 0 Å². The molecule has 94 valence electrons. The van der Waals surface area contributed by atoms with Crippen molar-refractivity contribution in [2.24, 2.45) is 0 Å². The lowest BCUT2D eigenvalue weighted by atomic mass is 10.1. The summed E-state index contributed by atoms with van der Waals surface area (Å²) in [5.74, 6) is 0.869. The number of likely N-dealkylation sites (N-methyl/N-ethyl adjacent to an activating group) is 1. The molecule has 1 aromatic rings. The average molecular weight is 237 g/mol. The summed E-state index contributed by atoms with van der Waals surface area (Å²) in [6.07, 6.45) is 0.211. The third kappa shape index (κ3) is 2.97. The van der Waals surface area contributed by atoms with Crippen LogP contribution in [-0.2, 0) is 9.47 Å². The lowest BCUT2D eigenvalue weighted by Crippen LogP contribution is -2.38. The number of ether oxygens (including phenoxy) is 3. The molecule has 1 atom stereocenters. The van der Waals surface area contributed by atoms with Gasteiger partial charge in [0, 0.05) is 12.1 Å². The zero-order valence-electron chi connectivity index (χ0n) is 10.3. The number of hydrogen-bond acceptors (Lipinski definition) is 4. The van der Waals surface area contributed by atoms with Crippen LogP contribution in [0.4, 0.5) is 0 Å². The lowest BCUT2D eigenvalue weighted by molar-refractivity contribution is -0.155. The summed E-state index contributed by atoms with van der Waals surface area (Å²) >= 11 is 0. The quantitative estimate of drug-likeness (QED) is 0.811. The largest absolute Gasteiger partial charge is 0.496 e. The minimum atomic E-state index is 0.00468. The Morgan fingerprint density at radius 2 is 2.18 bits per heavy atom. The van der Waals surface area contributed by atoms with Crippen LogP contribution in [0.25, 0.3) is 0 Å². The SMILES string of the molecule is CNCC(OC1COC1)c1ccccc1OC. The molecular weight excluding hydrogens is 218 g/mol. The third-order valence-electron chi connectivity index (χ3n) is 2.84. The first kappa shape index (κ1) is 12.4. The summed E-state index contributed by atoms with van der Waals surface area (Å²) in [4.78, 5) is 0. The van der Waals surface area contributed by atoms with Crippen molar-refractivity contribution in [3.8, 4) is 5.75 Å². The van der Waals surface area contributed by atoms with E-state index >= 15 is 0 Å². The number of rotatable bonds is 6. The first-order chi connectivity index (χ1) is 8.35. The van der Waals surface area contributed by atoms with Crippen molar-refractivity contribution >= 4 is 0 Å². The van der Waals surface area contributed by atoms with Gasteiger partial charge in [-0.15, -0.1) is 0 Å². The van der Waals surface area contributed by atoms with Crippen LogP contribution in [-0.4, -0.2) is 40.0 Å². The van der Waals surface area contributed by atoms with Crippen molar-refractivity contribution in [2.45, 2.75) is 12.2 Å². The maximum atomic E-state index is 5.99. The molecule has 0 bridgehead atoms. The summed E-state index contributed by atoms with van der Waals surface area (Å²) in [6, 6.07) is 7.96. The van der Waals surface area contributed by atoms with E-state index in [1.165, 1.54) is 0 Å². The van der Waals surface area contributed by atoms with Gasteiger partial charge in [-0.05, 0) is 13.1 Å². The highest BCUT2D eigenvalue weighted by molar-refractivity contribution is 5.35. The molecule has 1 N–H and O–H groups in total. The van der Waals surface area contributed by atoms with E-state index in [1.54, 1.807) is 7.11 Å². The van der Waals surface area contributed by atoms with Gasteiger partial charge in [0.25, 0.3) is 0 Å². The number of benzene rings is 1. The molecule has 17 heavy (non-hydrogen) atoms. The van der Waals surface area contributed by atoms with Crippen molar-refractivity contribution in [1.82, 2.24) is 5.32 Å². The monoisotopic (exact) mass is 237 g/mol. The van der Waals surface area contributed by atoms with Crippen LogP contribution < -0.4 is 10.1 Å².